The Morgan fingerprint density at radius 1 is 0.575 bits per heavy atom. The van der Waals surface area contributed by atoms with Crippen molar-refractivity contribution >= 4 is 64.9 Å². The monoisotopic (exact) mass is 610 g/mol. The highest BCUT2D eigenvalue weighted by Crippen LogP contribution is 2.36. The predicted octanol–water partition coefficient (Wildman–Crippen LogP) is 6.15. The van der Waals surface area contributed by atoms with E-state index in [0.717, 1.165) is 23.6 Å². The molecule has 0 amide bonds. The van der Waals surface area contributed by atoms with Crippen molar-refractivity contribution in [2.24, 2.45) is 0 Å². The zero-order valence-electron chi connectivity index (χ0n) is 21.1. The van der Waals surface area contributed by atoms with Crippen LogP contribution in [0.4, 0.5) is 0 Å². The summed E-state index contributed by atoms with van der Waals surface area (Å²) in [5, 5.41) is 0.320. The van der Waals surface area contributed by atoms with E-state index >= 15 is 0 Å². The molecule has 0 aliphatic carbocycles. The van der Waals surface area contributed by atoms with Gasteiger partial charge >= 0.3 is 0 Å². The number of nitrogens with zero attached hydrogens (tertiary/aromatic N) is 4. The van der Waals surface area contributed by atoms with Gasteiger partial charge in [-0.05, 0) is 59.7 Å². The van der Waals surface area contributed by atoms with Crippen LogP contribution in [0.25, 0.3) is 44.6 Å². The van der Waals surface area contributed by atoms with E-state index in [1.54, 1.807) is 48.5 Å². The fourth-order valence-corrected chi connectivity index (χ4v) is 6.64. The Hall–Kier alpha value is -3.70. The van der Waals surface area contributed by atoms with E-state index in [1.807, 2.05) is 36.4 Å². The third-order valence-corrected chi connectivity index (χ3v) is 8.74. The molecule has 0 saturated carbocycles. The summed E-state index contributed by atoms with van der Waals surface area (Å²) in [4.78, 5) is 8.83. The molecule has 6 aromatic rings. The normalized spacial score (nSPS) is 12.4. The SMILES string of the molecule is CS(=O)(=O)c1nc2ccc(Cl)cc2n1-c1ccc(-c2ccccc2)cc1-n1c(S(C)(=O)=O)nc2ccc(Cl)cc21. The quantitative estimate of drug-likeness (QED) is 0.232. The topological polar surface area (TPSA) is 104 Å². The fourth-order valence-electron chi connectivity index (χ4n) is 4.72. The van der Waals surface area contributed by atoms with Crippen molar-refractivity contribution < 1.29 is 16.8 Å². The Morgan fingerprint density at radius 3 is 1.57 bits per heavy atom. The van der Waals surface area contributed by atoms with Crippen LogP contribution in [-0.4, -0.2) is 48.4 Å². The molecule has 0 spiro atoms. The van der Waals surface area contributed by atoms with Crippen LogP contribution >= 0.6 is 23.2 Å². The van der Waals surface area contributed by atoms with Crippen LogP contribution in [0, 0.1) is 0 Å². The van der Waals surface area contributed by atoms with Crippen LogP contribution in [-0.2, 0) is 19.7 Å². The van der Waals surface area contributed by atoms with Gasteiger partial charge in [-0.15, -0.1) is 0 Å². The predicted molar refractivity (Wildman–Crippen MR) is 157 cm³/mol. The summed E-state index contributed by atoms with van der Waals surface area (Å²) in [5.41, 5.74) is 4.04. The Labute approximate surface area is 240 Å². The molecule has 8 nitrogen and oxygen atoms in total. The summed E-state index contributed by atoms with van der Waals surface area (Å²) in [6.07, 6.45) is 2.14. The van der Waals surface area contributed by atoms with Crippen molar-refractivity contribution in [3.63, 3.8) is 0 Å². The van der Waals surface area contributed by atoms with Crippen LogP contribution in [0.3, 0.4) is 0 Å². The molecule has 0 radical (unpaired) electrons. The fraction of sp³-hybridized carbons (Fsp3) is 0.0714. The highest BCUT2D eigenvalue weighted by atomic mass is 35.5. The summed E-state index contributed by atoms with van der Waals surface area (Å²) in [7, 11) is -7.71. The van der Waals surface area contributed by atoms with Gasteiger partial charge in [0.1, 0.15) is 0 Å². The standard InChI is InChI=1S/C28H20Cl2N4O4S2/c1-39(35,36)27-31-21-11-9-19(29)15-24(21)33(27)23-13-8-18(17-6-4-3-5-7-17)14-26(23)34-25-16-20(30)10-12-22(25)32-28(34)40(2,37)38/h3-16H,1-2H3. The first kappa shape index (κ1) is 26.5. The lowest BCUT2D eigenvalue weighted by atomic mass is 10.0. The average molecular weight is 612 g/mol. The molecule has 12 heteroatoms. The molecule has 202 valence electrons. The summed E-state index contributed by atoms with van der Waals surface area (Å²) in [6.45, 7) is 0. The third kappa shape index (κ3) is 4.56. The lowest BCUT2D eigenvalue weighted by Gasteiger charge is -2.18. The highest BCUT2D eigenvalue weighted by Gasteiger charge is 2.27. The van der Waals surface area contributed by atoms with Crippen molar-refractivity contribution in [1.82, 2.24) is 19.1 Å². The Morgan fingerprint density at radius 2 is 1.07 bits per heavy atom. The van der Waals surface area contributed by atoms with Crippen molar-refractivity contribution in [2.75, 3.05) is 12.5 Å². The number of aromatic nitrogens is 4. The second-order valence-corrected chi connectivity index (χ2v) is 14.0. The van der Waals surface area contributed by atoms with Gasteiger partial charge < -0.3 is 0 Å². The van der Waals surface area contributed by atoms with E-state index < -0.39 is 19.7 Å². The third-order valence-electron chi connectivity index (χ3n) is 6.40. The van der Waals surface area contributed by atoms with E-state index in [-0.39, 0.29) is 10.3 Å². The minimum atomic E-state index is -3.86. The minimum Gasteiger partial charge on any atom is -0.281 e. The van der Waals surface area contributed by atoms with E-state index in [0.29, 0.717) is 43.5 Å². The number of fused-ring (bicyclic) bond motifs is 2. The number of hydrogen-bond donors (Lipinski definition) is 0. The maximum atomic E-state index is 13.1. The van der Waals surface area contributed by atoms with Gasteiger partial charge in [0, 0.05) is 22.6 Å². The second-order valence-electron chi connectivity index (χ2n) is 9.34. The smallest absolute Gasteiger partial charge is 0.233 e. The zero-order chi connectivity index (χ0) is 28.4. The molecule has 2 aromatic heterocycles. The number of rotatable bonds is 5. The van der Waals surface area contributed by atoms with Crippen LogP contribution in [0.5, 0.6) is 0 Å². The lowest BCUT2D eigenvalue weighted by molar-refractivity contribution is 0.588. The lowest BCUT2D eigenvalue weighted by Crippen LogP contribution is -2.13. The molecule has 0 unspecified atom stereocenters. The summed E-state index contributed by atoms with van der Waals surface area (Å²) in [6, 6.07) is 24.7. The van der Waals surface area contributed by atoms with Gasteiger partial charge in [-0.3, -0.25) is 9.13 Å². The molecule has 0 aliphatic rings. The van der Waals surface area contributed by atoms with E-state index in [2.05, 4.69) is 9.97 Å². The number of imidazole rings is 2. The molecule has 0 atom stereocenters. The van der Waals surface area contributed by atoms with Crippen LogP contribution in [0.2, 0.25) is 10.0 Å². The van der Waals surface area contributed by atoms with Crippen molar-refractivity contribution in [2.45, 2.75) is 10.3 Å². The highest BCUT2D eigenvalue weighted by molar-refractivity contribution is 7.90. The maximum absolute atomic E-state index is 13.1. The van der Waals surface area contributed by atoms with Crippen LogP contribution in [0.1, 0.15) is 0 Å². The summed E-state index contributed by atoms with van der Waals surface area (Å²) in [5.74, 6) is 0. The van der Waals surface area contributed by atoms with Gasteiger partial charge in [-0.1, -0.05) is 59.6 Å². The molecule has 0 N–H and O–H groups in total. The van der Waals surface area contributed by atoms with Crippen LogP contribution < -0.4 is 0 Å². The van der Waals surface area contributed by atoms with Crippen molar-refractivity contribution in [3.8, 4) is 22.5 Å². The molecule has 6 rings (SSSR count). The summed E-state index contributed by atoms with van der Waals surface area (Å²) >= 11 is 12.7. The molecule has 0 fully saturated rings. The molecular formula is C28H20Cl2N4O4S2. The van der Waals surface area contributed by atoms with Crippen LogP contribution in [0.15, 0.2) is 95.2 Å². The first-order chi connectivity index (χ1) is 18.9. The average Bonchev–Trinajstić information content (AvgIpc) is 3.47. The van der Waals surface area contributed by atoms with Gasteiger partial charge in [-0.2, -0.15) is 0 Å². The molecule has 0 bridgehead atoms. The van der Waals surface area contributed by atoms with Gasteiger partial charge in [0.25, 0.3) is 0 Å². The molecule has 0 saturated heterocycles. The van der Waals surface area contributed by atoms with E-state index in [9.17, 15) is 16.8 Å². The number of halogens is 2. The van der Waals surface area contributed by atoms with Gasteiger partial charge in [0.05, 0.1) is 33.4 Å². The number of benzene rings is 4. The summed E-state index contributed by atoms with van der Waals surface area (Å²) < 4.78 is 55.1. The van der Waals surface area contributed by atoms with Crippen molar-refractivity contribution in [3.05, 3.63) is 95.0 Å². The number of sulfone groups is 2. The zero-order valence-corrected chi connectivity index (χ0v) is 24.2. The second kappa shape index (κ2) is 9.45. The first-order valence-corrected chi connectivity index (χ1v) is 16.4. The van der Waals surface area contributed by atoms with E-state index in [4.69, 9.17) is 23.2 Å². The molecule has 4 aromatic carbocycles. The number of hydrogen-bond acceptors (Lipinski definition) is 6. The molecule has 40 heavy (non-hydrogen) atoms. The molecule has 0 aliphatic heterocycles. The first-order valence-electron chi connectivity index (χ1n) is 11.9. The largest absolute Gasteiger partial charge is 0.281 e. The molecular weight excluding hydrogens is 591 g/mol. The Balaban J connectivity index is 1.82. The Bertz CT molecular complexity index is 2190. The van der Waals surface area contributed by atoms with Gasteiger partial charge in [0.15, 0.2) is 0 Å². The van der Waals surface area contributed by atoms with E-state index in [1.165, 1.54) is 9.13 Å². The maximum Gasteiger partial charge on any atom is 0.233 e. The van der Waals surface area contributed by atoms with Crippen molar-refractivity contribution in [1.29, 1.82) is 0 Å². The minimum absolute atomic E-state index is 0.221. The molecule has 2 heterocycles. The van der Waals surface area contributed by atoms with Gasteiger partial charge in [0.2, 0.25) is 30.0 Å². The Kier molecular flexibility index (Phi) is 6.26. The van der Waals surface area contributed by atoms with Gasteiger partial charge in [-0.25, -0.2) is 26.8 Å².